The molecule has 0 radical (unpaired) electrons. The first-order valence-electron chi connectivity index (χ1n) is 10.8. The van der Waals surface area contributed by atoms with Gasteiger partial charge in [0.1, 0.15) is 0 Å². The van der Waals surface area contributed by atoms with Gasteiger partial charge in [0.15, 0.2) is 0 Å². The van der Waals surface area contributed by atoms with Gasteiger partial charge < -0.3 is 5.32 Å². The van der Waals surface area contributed by atoms with E-state index in [4.69, 9.17) is 0 Å². The number of piperidine rings is 1. The van der Waals surface area contributed by atoms with Crippen LogP contribution in [0, 0.1) is 11.8 Å². The standard InChI is InChI=1S/C24H31BrN2O3S/c1-18(2)16-23(20-6-4-3-5-7-20)26-24(28)21-12-14-27(15-13-21)31(29,30)17-19-8-10-22(25)11-9-19/h3-11,18,21,23H,12-17H2,1-2H3,(H,26,28)/t23-/m0/s1. The highest BCUT2D eigenvalue weighted by Gasteiger charge is 2.32. The van der Waals surface area contributed by atoms with Crippen LogP contribution >= 0.6 is 15.9 Å². The second-order valence-electron chi connectivity index (χ2n) is 8.66. The van der Waals surface area contributed by atoms with Crippen molar-refractivity contribution in [1.29, 1.82) is 0 Å². The van der Waals surface area contributed by atoms with Gasteiger partial charge in [0.25, 0.3) is 0 Å². The van der Waals surface area contributed by atoms with E-state index in [0.717, 1.165) is 22.0 Å². The molecule has 5 nitrogen and oxygen atoms in total. The molecule has 0 saturated carbocycles. The van der Waals surface area contributed by atoms with Crippen LogP contribution < -0.4 is 5.32 Å². The summed E-state index contributed by atoms with van der Waals surface area (Å²) >= 11 is 3.37. The number of carbonyl (C=O) groups excluding carboxylic acids is 1. The largest absolute Gasteiger partial charge is 0.349 e. The monoisotopic (exact) mass is 506 g/mol. The Hall–Kier alpha value is -1.70. The van der Waals surface area contributed by atoms with Crippen LogP contribution in [0.4, 0.5) is 0 Å². The van der Waals surface area contributed by atoms with Crippen molar-refractivity contribution >= 4 is 31.9 Å². The molecule has 0 unspecified atom stereocenters. The average molecular weight is 507 g/mol. The van der Waals surface area contributed by atoms with Gasteiger partial charge in [-0.25, -0.2) is 12.7 Å². The lowest BCUT2D eigenvalue weighted by Crippen LogP contribution is -2.44. The molecule has 1 heterocycles. The molecule has 1 aliphatic rings. The molecule has 1 N–H and O–H groups in total. The summed E-state index contributed by atoms with van der Waals surface area (Å²) < 4.78 is 28.1. The zero-order valence-corrected chi connectivity index (χ0v) is 20.5. The average Bonchev–Trinajstić information content (AvgIpc) is 2.75. The van der Waals surface area contributed by atoms with Crippen LogP contribution in [0.15, 0.2) is 59.1 Å². The minimum absolute atomic E-state index is 0.0123. The second kappa shape index (κ2) is 10.7. The fourth-order valence-electron chi connectivity index (χ4n) is 4.00. The number of nitrogens with zero attached hydrogens (tertiary/aromatic N) is 1. The number of sulfonamides is 1. The Balaban J connectivity index is 1.57. The number of rotatable bonds is 8. The molecule has 1 atom stereocenters. The highest BCUT2D eigenvalue weighted by molar-refractivity contribution is 9.10. The molecule has 0 spiro atoms. The summed E-state index contributed by atoms with van der Waals surface area (Å²) in [6.45, 7) is 5.07. The summed E-state index contributed by atoms with van der Waals surface area (Å²) in [7, 11) is -3.39. The van der Waals surface area contributed by atoms with E-state index < -0.39 is 10.0 Å². The van der Waals surface area contributed by atoms with Gasteiger partial charge in [0, 0.05) is 23.5 Å². The number of amides is 1. The van der Waals surface area contributed by atoms with Gasteiger partial charge in [-0.05, 0) is 48.4 Å². The summed E-state index contributed by atoms with van der Waals surface area (Å²) in [6, 6.07) is 17.4. The van der Waals surface area contributed by atoms with Crippen molar-refractivity contribution in [3.05, 3.63) is 70.2 Å². The van der Waals surface area contributed by atoms with Crippen molar-refractivity contribution in [1.82, 2.24) is 9.62 Å². The molecule has 0 bridgehead atoms. The van der Waals surface area contributed by atoms with Gasteiger partial charge in [0.2, 0.25) is 15.9 Å². The van der Waals surface area contributed by atoms with Crippen molar-refractivity contribution in [3.8, 4) is 0 Å². The number of nitrogens with one attached hydrogen (secondary N) is 1. The van der Waals surface area contributed by atoms with E-state index in [2.05, 4.69) is 35.1 Å². The smallest absolute Gasteiger partial charge is 0.223 e. The van der Waals surface area contributed by atoms with Crippen LogP contribution in [-0.2, 0) is 20.6 Å². The SMILES string of the molecule is CC(C)C[C@H](NC(=O)C1CCN(S(=O)(=O)Cc2ccc(Br)cc2)CC1)c1ccccc1. The van der Waals surface area contributed by atoms with Crippen LogP contribution in [0.3, 0.4) is 0 Å². The summed E-state index contributed by atoms with van der Waals surface area (Å²) in [5.41, 5.74) is 1.88. The summed E-state index contributed by atoms with van der Waals surface area (Å²) in [4.78, 5) is 13.0. The molecule has 2 aromatic carbocycles. The molecule has 2 aromatic rings. The van der Waals surface area contributed by atoms with Crippen LogP contribution in [0.25, 0.3) is 0 Å². The first kappa shape index (κ1) is 24.0. The molecule has 168 valence electrons. The fraction of sp³-hybridized carbons (Fsp3) is 0.458. The summed E-state index contributed by atoms with van der Waals surface area (Å²) in [6.07, 6.45) is 1.97. The Morgan fingerprint density at radius 3 is 2.26 bits per heavy atom. The Morgan fingerprint density at radius 2 is 1.68 bits per heavy atom. The normalized spacial score (nSPS) is 16.9. The van der Waals surface area contributed by atoms with Gasteiger partial charge in [0.05, 0.1) is 11.8 Å². The summed E-state index contributed by atoms with van der Waals surface area (Å²) in [5, 5.41) is 3.22. The molecule has 31 heavy (non-hydrogen) atoms. The molecule has 1 fully saturated rings. The van der Waals surface area contributed by atoms with Crippen LogP contribution in [-0.4, -0.2) is 31.7 Å². The van der Waals surface area contributed by atoms with Crippen molar-refractivity contribution in [3.63, 3.8) is 0 Å². The van der Waals surface area contributed by atoms with Crippen LogP contribution in [0.2, 0.25) is 0 Å². The second-order valence-corrected chi connectivity index (χ2v) is 11.5. The van der Waals surface area contributed by atoms with Gasteiger partial charge in [-0.3, -0.25) is 4.79 Å². The maximum Gasteiger partial charge on any atom is 0.223 e. The predicted molar refractivity (Wildman–Crippen MR) is 128 cm³/mol. The van der Waals surface area contributed by atoms with Crippen LogP contribution in [0.5, 0.6) is 0 Å². The molecule has 0 aliphatic carbocycles. The minimum Gasteiger partial charge on any atom is -0.349 e. The van der Waals surface area contributed by atoms with Crippen molar-refractivity contribution in [2.24, 2.45) is 11.8 Å². The van der Waals surface area contributed by atoms with E-state index >= 15 is 0 Å². The number of hydrogen-bond donors (Lipinski definition) is 1. The number of halogens is 1. The van der Waals surface area contributed by atoms with Gasteiger partial charge in [-0.1, -0.05) is 72.2 Å². The third kappa shape index (κ3) is 6.89. The van der Waals surface area contributed by atoms with Gasteiger partial charge >= 0.3 is 0 Å². The molecular weight excluding hydrogens is 476 g/mol. The zero-order valence-electron chi connectivity index (χ0n) is 18.1. The summed E-state index contributed by atoms with van der Waals surface area (Å²) in [5.74, 6) is 0.315. The van der Waals surface area contributed by atoms with E-state index in [1.54, 1.807) is 0 Å². The number of hydrogen-bond acceptors (Lipinski definition) is 3. The Bertz CT molecular complexity index is 954. The first-order valence-corrected chi connectivity index (χ1v) is 13.2. The molecule has 1 amide bonds. The third-order valence-corrected chi connectivity index (χ3v) is 8.08. The Morgan fingerprint density at radius 1 is 1.06 bits per heavy atom. The molecular formula is C24H31BrN2O3S. The topological polar surface area (TPSA) is 66.5 Å². The lowest BCUT2D eigenvalue weighted by atomic mass is 9.93. The fourth-order valence-corrected chi connectivity index (χ4v) is 5.83. The van der Waals surface area contributed by atoms with E-state index in [1.165, 1.54) is 4.31 Å². The Labute approximate surface area is 194 Å². The van der Waals surface area contributed by atoms with E-state index in [-0.39, 0.29) is 23.6 Å². The van der Waals surface area contributed by atoms with Crippen LogP contribution in [0.1, 0.15) is 50.3 Å². The van der Waals surface area contributed by atoms with E-state index in [0.29, 0.717) is 31.8 Å². The van der Waals surface area contributed by atoms with Gasteiger partial charge in [-0.2, -0.15) is 0 Å². The molecule has 0 aromatic heterocycles. The highest BCUT2D eigenvalue weighted by Crippen LogP contribution is 2.26. The number of benzene rings is 2. The zero-order chi connectivity index (χ0) is 22.4. The molecule has 1 aliphatic heterocycles. The number of carbonyl (C=O) groups is 1. The predicted octanol–water partition coefficient (Wildman–Crippen LogP) is 4.89. The minimum atomic E-state index is -3.39. The third-order valence-electron chi connectivity index (χ3n) is 5.71. The van der Waals surface area contributed by atoms with E-state index in [1.807, 2.05) is 54.6 Å². The van der Waals surface area contributed by atoms with Crippen molar-refractivity contribution < 1.29 is 13.2 Å². The first-order chi connectivity index (χ1) is 14.7. The maximum atomic E-state index is 13.0. The molecule has 1 saturated heterocycles. The lowest BCUT2D eigenvalue weighted by Gasteiger charge is -2.32. The highest BCUT2D eigenvalue weighted by atomic mass is 79.9. The maximum absolute atomic E-state index is 13.0. The lowest BCUT2D eigenvalue weighted by molar-refractivity contribution is -0.127. The molecule has 3 rings (SSSR count). The quantitative estimate of drug-likeness (QED) is 0.553. The van der Waals surface area contributed by atoms with E-state index in [9.17, 15) is 13.2 Å². The van der Waals surface area contributed by atoms with Gasteiger partial charge in [-0.15, -0.1) is 0 Å². The Kier molecular flexibility index (Phi) is 8.30. The van der Waals surface area contributed by atoms with Crippen molar-refractivity contribution in [2.45, 2.75) is 44.9 Å². The molecule has 7 heteroatoms. The van der Waals surface area contributed by atoms with Crippen molar-refractivity contribution in [2.75, 3.05) is 13.1 Å².